The van der Waals surface area contributed by atoms with E-state index in [9.17, 15) is 20.1 Å². The molecule has 37 heavy (non-hydrogen) atoms. The predicted octanol–water partition coefficient (Wildman–Crippen LogP) is 2.51. The minimum atomic E-state index is -1.60. The normalized spacial score (nSPS) is 23.8. The lowest BCUT2D eigenvalue weighted by molar-refractivity contribution is -0.278. The zero-order valence-electron chi connectivity index (χ0n) is 22.2. The molecule has 0 radical (unpaired) electrons. The van der Waals surface area contributed by atoms with Crippen LogP contribution in [0.3, 0.4) is 0 Å². The highest BCUT2D eigenvalue weighted by Gasteiger charge is 2.46. The van der Waals surface area contributed by atoms with E-state index in [2.05, 4.69) is 5.10 Å². The van der Waals surface area contributed by atoms with E-state index in [1.165, 1.54) is 0 Å². The zero-order valence-corrected chi connectivity index (χ0v) is 22.2. The average molecular weight is 523 g/mol. The molecule has 1 aliphatic heterocycles. The van der Waals surface area contributed by atoms with Gasteiger partial charge in [-0.3, -0.25) is 4.68 Å². The molecule has 0 amide bonds. The maximum atomic E-state index is 11.6. The Kier molecular flexibility index (Phi) is 9.77. The van der Waals surface area contributed by atoms with Gasteiger partial charge >= 0.3 is 6.16 Å². The molecule has 1 aromatic heterocycles. The summed E-state index contributed by atoms with van der Waals surface area (Å²) in [6.45, 7) is 11.2. The molecule has 1 aromatic carbocycles. The van der Waals surface area contributed by atoms with E-state index in [0.717, 1.165) is 22.6 Å². The van der Waals surface area contributed by atoms with Crippen molar-refractivity contribution in [2.45, 2.75) is 90.8 Å². The highest BCUT2D eigenvalue weighted by Crippen LogP contribution is 2.31. The van der Waals surface area contributed by atoms with Gasteiger partial charge in [0.1, 0.15) is 36.8 Å². The minimum Gasteiger partial charge on any atom is -0.491 e. The monoisotopic (exact) mass is 522 g/mol. The number of aliphatic hydroxyl groups excluding tert-OH is 3. The van der Waals surface area contributed by atoms with Crippen LogP contribution < -0.4 is 9.47 Å². The molecular weight excluding hydrogens is 484 g/mol. The number of carbonyl (C=O) groups excluding carboxylic acids is 1. The Balaban J connectivity index is 1.82. The third-order valence-electron chi connectivity index (χ3n) is 5.93. The first-order valence-electron chi connectivity index (χ1n) is 12.5. The molecule has 0 bridgehead atoms. The molecule has 3 rings (SSSR count). The van der Waals surface area contributed by atoms with Gasteiger partial charge < -0.3 is 39.0 Å². The summed E-state index contributed by atoms with van der Waals surface area (Å²) in [5, 5.41) is 35.9. The maximum absolute atomic E-state index is 11.6. The van der Waals surface area contributed by atoms with Crippen LogP contribution in [0.1, 0.15) is 57.5 Å². The van der Waals surface area contributed by atoms with Gasteiger partial charge in [-0.15, -0.1) is 5.10 Å². The van der Waals surface area contributed by atoms with E-state index < -0.39 is 43.5 Å². The third kappa shape index (κ3) is 7.13. The molecule has 206 valence electrons. The first-order valence-corrected chi connectivity index (χ1v) is 12.5. The first kappa shape index (κ1) is 28.7. The fraction of sp³-hybridized carbons (Fsp3) is 0.615. The number of aliphatic hydroxyl groups is 3. The first-order chi connectivity index (χ1) is 17.5. The van der Waals surface area contributed by atoms with Crippen molar-refractivity contribution in [3.05, 3.63) is 41.1 Å². The Morgan fingerprint density at radius 2 is 1.73 bits per heavy atom. The van der Waals surface area contributed by atoms with Gasteiger partial charge in [0.2, 0.25) is 12.2 Å². The van der Waals surface area contributed by atoms with E-state index in [4.69, 9.17) is 23.7 Å². The second-order valence-corrected chi connectivity index (χ2v) is 9.52. The molecule has 2 aromatic rings. The van der Waals surface area contributed by atoms with Crippen LogP contribution in [0.25, 0.3) is 0 Å². The molecule has 0 saturated carbocycles. The molecule has 1 saturated heterocycles. The highest BCUT2D eigenvalue weighted by atomic mass is 16.7. The van der Waals surface area contributed by atoms with Gasteiger partial charge in [0, 0.05) is 23.7 Å². The molecule has 11 nitrogen and oxygen atoms in total. The van der Waals surface area contributed by atoms with Gasteiger partial charge in [0.05, 0.1) is 12.7 Å². The number of ether oxygens (including phenoxy) is 5. The van der Waals surface area contributed by atoms with Gasteiger partial charge in [-0.2, -0.15) is 0 Å². The molecular formula is C26H38N2O9. The molecule has 5 atom stereocenters. The van der Waals surface area contributed by atoms with E-state index in [-0.39, 0.29) is 24.6 Å². The van der Waals surface area contributed by atoms with Gasteiger partial charge in [-0.05, 0) is 59.2 Å². The Labute approximate surface area is 216 Å². The second-order valence-electron chi connectivity index (χ2n) is 9.52. The second kappa shape index (κ2) is 12.6. The van der Waals surface area contributed by atoms with Crippen LogP contribution in [0.4, 0.5) is 4.79 Å². The summed E-state index contributed by atoms with van der Waals surface area (Å²) in [5.41, 5.74) is 2.65. The molecule has 2 heterocycles. The summed E-state index contributed by atoms with van der Waals surface area (Å²) in [6.07, 6.45) is -7.58. The van der Waals surface area contributed by atoms with Crippen molar-refractivity contribution < 1.29 is 43.8 Å². The molecule has 0 aliphatic carbocycles. The lowest BCUT2D eigenvalue weighted by atomic mass is 9.99. The smallest absolute Gasteiger partial charge is 0.491 e. The van der Waals surface area contributed by atoms with Crippen LogP contribution in [0.15, 0.2) is 24.3 Å². The molecule has 0 spiro atoms. The molecule has 1 aliphatic rings. The standard InChI is InChI=1S/C26H38N2O9/c1-7-33-26(32)34-13-20-21(29)22(30)23(31)25(36-20)37-24-19(16(6)28(27-24)14(2)3)12-17-8-10-18(11-9-17)35-15(4)5/h8-11,14-15,20-23,25,29-31H,7,12-13H2,1-6H3/t20?,21-,22+,23?,25+/m1/s1. The van der Waals surface area contributed by atoms with E-state index in [1.54, 1.807) is 6.92 Å². The fourth-order valence-electron chi connectivity index (χ4n) is 4.06. The summed E-state index contributed by atoms with van der Waals surface area (Å²) < 4.78 is 28.9. The van der Waals surface area contributed by atoms with E-state index >= 15 is 0 Å². The zero-order chi connectivity index (χ0) is 27.3. The summed E-state index contributed by atoms with van der Waals surface area (Å²) >= 11 is 0. The fourth-order valence-corrected chi connectivity index (χ4v) is 4.06. The van der Waals surface area contributed by atoms with Gasteiger partial charge in [-0.1, -0.05) is 12.1 Å². The number of aromatic nitrogens is 2. The number of benzene rings is 1. The Morgan fingerprint density at radius 1 is 1.05 bits per heavy atom. The largest absolute Gasteiger partial charge is 0.508 e. The summed E-state index contributed by atoms with van der Waals surface area (Å²) in [7, 11) is 0. The van der Waals surface area contributed by atoms with Crippen molar-refractivity contribution in [2.24, 2.45) is 0 Å². The highest BCUT2D eigenvalue weighted by molar-refractivity contribution is 5.59. The Hall–Kier alpha value is -2.86. The molecule has 3 N–H and O–H groups in total. The van der Waals surface area contributed by atoms with Crippen LogP contribution >= 0.6 is 0 Å². The van der Waals surface area contributed by atoms with E-state index in [1.807, 2.05) is 63.6 Å². The lowest BCUT2D eigenvalue weighted by Crippen LogP contribution is -2.60. The summed E-state index contributed by atoms with van der Waals surface area (Å²) in [5.74, 6) is 0.999. The van der Waals surface area contributed by atoms with Crippen molar-refractivity contribution in [1.82, 2.24) is 9.78 Å². The summed E-state index contributed by atoms with van der Waals surface area (Å²) in [4.78, 5) is 11.6. The number of rotatable bonds is 10. The van der Waals surface area contributed by atoms with Crippen molar-refractivity contribution in [3.8, 4) is 11.6 Å². The number of nitrogens with zero attached hydrogens (tertiary/aromatic N) is 2. The molecule has 11 heteroatoms. The Bertz CT molecular complexity index is 1020. The van der Waals surface area contributed by atoms with Gasteiger partial charge in [-0.25, -0.2) is 4.79 Å². The number of hydrogen-bond acceptors (Lipinski definition) is 10. The van der Waals surface area contributed by atoms with Crippen molar-refractivity contribution in [3.63, 3.8) is 0 Å². The van der Waals surface area contributed by atoms with Crippen molar-refractivity contribution in [1.29, 1.82) is 0 Å². The SMILES string of the molecule is CCOC(=O)OCC1O[C@@H](Oc2nn(C(C)C)c(C)c2Cc2ccc(OC(C)C)cc2)C(O)[C@@H](O)[C@@H]1O. The van der Waals surface area contributed by atoms with Gasteiger partial charge in [0.15, 0.2) is 0 Å². The van der Waals surface area contributed by atoms with Crippen LogP contribution in [0, 0.1) is 6.92 Å². The van der Waals surface area contributed by atoms with Gasteiger partial charge in [0.25, 0.3) is 0 Å². The molecule has 1 fully saturated rings. The third-order valence-corrected chi connectivity index (χ3v) is 5.93. The number of hydrogen-bond donors (Lipinski definition) is 3. The topological polar surface area (TPSA) is 142 Å². The number of carbonyl (C=O) groups is 1. The van der Waals surface area contributed by atoms with Crippen LogP contribution in [0.5, 0.6) is 11.6 Å². The van der Waals surface area contributed by atoms with Crippen LogP contribution in [-0.4, -0.2) is 81.3 Å². The van der Waals surface area contributed by atoms with Crippen LogP contribution in [0.2, 0.25) is 0 Å². The van der Waals surface area contributed by atoms with E-state index in [0.29, 0.717) is 6.42 Å². The molecule has 2 unspecified atom stereocenters. The Morgan fingerprint density at radius 3 is 2.32 bits per heavy atom. The van der Waals surface area contributed by atoms with Crippen molar-refractivity contribution in [2.75, 3.05) is 13.2 Å². The minimum absolute atomic E-state index is 0.0354. The maximum Gasteiger partial charge on any atom is 0.508 e. The average Bonchev–Trinajstić information content (AvgIpc) is 3.14. The lowest BCUT2D eigenvalue weighted by Gasteiger charge is -2.39. The van der Waals surface area contributed by atoms with Crippen molar-refractivity contribution >= 4 is 6.16 Å². The quantitative estimate of drug-likeness (QED) is 0.399. The predicted molar refractivity (Wildman–Crippen MR) is 133 cm³/mol. The van der Waals surface area contributed by atoms with Crippen LogP contribution in [-0.2, 0) is 20.6 Å². The summed E-state index contributed by atoms with van der Waals surface area (Å²) in [6, 6.07) is 7.76.